The van der Waals surface area contributed by atoms with Gasteiger partial charge in [-0.3, -0.25) is 0 Å². The summed E-state index contributed by atoms with van der Waals surface area (Å²) in [5, 5.41) is 18.8. The van der Waals surface area contributed by atoms with Gasteiger partial charge in [0.15, 0.2) is 0 Å². The average molecular weight is 278 g/mol. The van der Waals surface area contributed by atoms with Crippen LogP contribution in [0.1, 0.15) is 43.6 Å². The van der Waals surface area contributed by atoms with E-state index in [2.05, 4.69) is 0 Å². The van der Waals surface area contributed by atoms with Gasteiger partial charge < -0.3 is 19.5 Å². The molecule has 0 spiro atoms. The van der Waals surface area contributed by atoms with Crippen LogP contribution in [0.15, 0.2) is 18.2 Å². The number of benzene rings is 1. The molecule has 0 saturated carbocycles. The van der Waals surface area contributed by atoms with Crippen LogP contribution in [-0.2, 0) is 15.9 Å². The molecule has 2 N–H and O–H groups in total. The van der Waals surface area contributed by atoms with Gasteiger partial charge in [0.1, 0.15) is 0 Å². The number of aliphatic hydroxyl groups excluding tert-OH is 1. The second-order valence-corrected chi connectivity index (χ2v) is 5.93. The molecule has 0 amide bonds. The van der Waals surface area contributed by atoms with Gasteiger partial charge in [-0.15, -0.1) is 0 Å². The van der Waals surface area contributed by atoms with E-state index in [-0.39, 0.29) is 12.2 Å². The molecule has 1 saturated heterocycles. The highest BCUT2D eigenvalue weighted by atomic mass is 16.7. The third kappa shape index (κ3) is 2.35. The first-order chi connectivity index (χ1) is 9.19. The van der Waals surface area contributed by atoms with E-state index in [9.17, 15) is 15.0 Å². The number of carboxylic acids is 1. The quantitative estimate of drug-likeness (QED) is 0.812. The summed E-state index contributed by atoms with van der Waals surface area (Å²) >= 11 is 0. The zero-order chi connectivity index (χ0) is 15.1. The topological polar surface area (TPSA) is 76.0 Å². The van der Waals surface area contributed by atoms with E-state index in [1.165, 1.54) is 6.07 Å². The molecule has 1 aromatic carbocycles. The highest BCUT2D eigenvalue weighted by molar-refractivity contribution is 6.64. The minimum atomic E-state index is -1.06. The van der Waals surface area contributed by atoms with Gasteiger partial charge in [0, 0.05) is 5.46 Å². The maximum absolute atomic E-state index is 11.4. The van der Waals surface area contributed by atoms with E-state index in [0.29, 0.717) is 11.0 Å². The Morgan fingerprint density at radius 3 is 2.20 bits per heavy atom. The number of carbonyl (C=O) groups is 1. The lowest BCUT2D eigenvalue weighted by atomic mass is 9.73. The molecule has 5 nitrogen and oxygen atoms in total. The molecule has 6 heteroatoms. The Morgan fingerprint density at radius 1 is 1.20 bits per heavy atom. The molecule has 20 heavy (non-hydrogen) atoms. The van der Waals surface area contributed by atoms with Gasteiger partial charge in [-0.25, -0.2) is 4.79 Å². The zero-order valence-electron chi connectivity index (χ0n) is 12.1. The SMILES string of the molecule is CC1(C)OB(c2c(CO)cccc2C(=O)O)OC1(C)C. The number of carboxylic acid groups (broad SMARTS) is 1. The average Bonchev–Trinajstić information content (AvgIpc) is 2.57. The highest BCUT2D eigenvalue weighted by Gasteiger charge is 2.53. The van der Waals surface area contributed by atoms with Crippen LogP contribution >= 0.6 is 0 Å². The molecule has 0 aliphatic carbocycles. The summed E-state index contributed by atoms with van der Waals surface area (Å²) in [6.07, 6.45) is 0. The summed E-state index contributed by atoms with van der Waals surface area (Å²) < 4.78 is 11.8. The van der Waals surface area contributed by atoms with Crippen molar-refractivity contribution in [2.24, 2.45) is 0 Å². The van der Waals surface area contributed by atoms with Crippen LogP contribution in [-0.4, -0.2) is 34.5 Å². The lowest BCUT2D eigenvalue weighted by Gasteiger charge is -2.32. The molecule has 1 aliphatic rings. The molecule has 2 rings (SSSR count). The van der Waals surface area contributed by atoms with Crippen LogP contribution in [0.3, 0.4) is 0 Å². The first kappa shape index (κ1) is 15.0. The summed E-state index contributed by atoms with van der Waals surface area (Å²) in [7, 11) is -0.797. The van der Waals surface area contributed by atoms with Gasteiger partial charge in [0.2, 0.25) is 0 Å². The molecule has 0 atom stereocenters. The van der Waals surface area contributed by atoms with Gasteiger partial charge in [-0.05, 0) is 39.3 Å². The summed E-state index contributed by atoms with van der Waals surface area (Å²) in [5.74, 6) is -1.06. The molecular weight excluding hydrogens is 259 g/mol. The fraction of sp³-hybridized carbons (Fsp3) is 0.500. The van der Waals surface area contributed by atoms with Crippen molar-refractivity contribution in [1.82, 2.24) is 0 Å². The monoisotopic (exact) mass is 278 g/mol. The van der Waals surface area contributed by atoms with Crippen molar-refractivity contribution in [2.45, 2.75) is 45.5 Å². The van der Waals surface area contributed by atoms with Gasteiger partial charge >= 0.3 is 13.1 Å². The standard InChI is InChI=1S/C14H19BO5/c1-13(2)14(3,4)20-15(19-13)11-9(8-16)6-5-7-10(11)12(17)18/h5-7,16H,8H2,1-4H3,(H,17,18). The maximum Gasteiger partial charge on any atom is 0.496 e. The lowest BCUT2D eigenvalue weighted by molar-refractivity contribution is 0.00578. The predicted molar refractivity (Wildman–Crippen MR) is 75.0 cm³/mol. The summed E-state index contributed by atoms with van der Waals surface area (Å²) in [6.45, 7) is 7.33. The Balaban J connectivity index is 2.51. The highest BCUT2D eigenvalue weighted by Crippen LogP contribution is 2.37. The number of hydrogen-bond acceptors (Lipinski definition) is 4. The van der Waals surface area contributed by atoms with Gasteiger partial charge in [0.25, 0.3) is 0 Å². The van der Waals surface area contributed by atoms with Crippen molar-refractivity contribution in [2.75, 3.05) is 0 Å². The second kappa shape index (κ2) is 4.88. The van der Waals surface area contributed by atoms with E-state index in [1.807, 2.05) is 27.7 Å². The Morgan fingerprint density at radius 2 is 1.75 bits per heavy atom. The second-order valence-electron chi connectivity index (χ2n) is 5.93. The third-order valence-electron chi connectivity index (χ3n) is 4.09. The van der Waals surface area contributed by atoms with E-state index < -0.39 is 24.3 Å². The van der Waals surface area contributed by atoms with Crippen molar-refractivity contribution < 1.29 is 24.3 Å². The number of aliphatic hydroxyl groups is 1. The minimum Gasteiger partial charge on any atom is -0.478 e. The summed E-state index contributed by atoms with van der Waals surface area (Å²) in [5.41, 5.74) is -0.133. The number of hydrogen-bond donors (Lipinski definition) is 2. The predicted octanol–water partition coefficient (Wildman–Crippen LogP) is 1.18. The van der Waals surface area contributed by atoms with Gasteiger partial charge in [-0.2, -0.15) is 0 Å². The van der Waals surface area contributed by atoms with Crippen LogP contribution in [0.2, 0.25) is 0 Å². The van der Waals surface area contributed by atoms with Crippen molar-refractivity contribution in [3.8, 4) is 0 Å². The number of aromatic carboxylic acids is 1. The molecule has 0 unspecified atom stereocenters. The molecule has 1 aromatic rings. The zero-order valence-corrected chi connectivity index (χ0v) is 12.1. The lowest BCUT2D eigenvalue weighted by Crippen LogP contribution is -2.41. The van der Waals surface area contributed by atoms with Gasteiger partial charge in [0.05, 0.1) is 23.4 Å². The smallest absolute Gasteiger partial charge is 0.478 e. The molecule has 0 aromatic heterocycles. The molecule has 108 valence electrons. The Bertz CT molecular complexity index is 522. The summed E-state index contributed by atoms with van der Waals surface area (Å²) in [6, 6.07) is 4.76. The fourth-order valence-corrected chi connectivity index (χ4v) is 2.18. The molecule has 1 aliphatic heterocycles. The van der Waals surface area contributed by atoms with Gasteiger partial charge in [-0.1, -0.05) is 12.1 Å². The fourth-order valence-electron chi connectivity index (χ4n) is 2.18. The van der Waals surface area contributed by atoms with Crippen LogP contribution in [0, 0.1) is 0 Å². The van der Waals surface area contributed by atoms with E-state index in [4.69, 9.17) is 9.31 Å². The van der Waals surface area contributed by atoms with Crippen LogP contribution in [0.5, 0.6) is 0 Å². The van der Waals surface area contributed by atoms with Crippen molar-refractivity contribution in [3.63, 3.8) is 0 Å². The van der Waals surface area contributed by atoms with E-state index >= 15 is 0 Å². The molecule has 0 bridgehead atoms. The van der Waals surface area contributed by atoms with E-state index in [0.717, 1.165) is 0 Å². The first-order valence-electron chi connectivity index (χ1n) is 6.51. The Hall–Kier alpha value is -1.37. The maximum atomic E-state index is 11.4. The molecule has 0 radical (unpaired) electrons. The largest absolute Gasteiger partial charge is 0.496 e. The molecule has 1 heterocycles. The normalized spacial score (nSPS) is 20.1. The van der Waals surface area contributed by atoms with Crippen molar-refractivity contribution in [3.05, 3.63) is 29.3 Å². The van der Waals surface area contributed by atoms with Crippen molar-refractivity contribution in [1.29, 1.82) is 0 Å². The Kier molecular flexibility index (Phi) is 3.66. The van der Waals surface area contributed by atoms with Crippen molar-refractivity contribution >= 4 is 18.6 Å². The van der Waals surface area contributed by atoms with Crippen LogP contribution in [0.25, 0.3) is 0 Å². The van der Waals surface area contributed by atoms with E-state index in [1.54, 1.807) is 12.1 Å². The Labute approximate surface area is 118 Å². The number of rotatable bonds is 3. The minimum absolute atomic E-state index is 0.0926. The first-order valence-corrected chi connectivity index (χ1v) is 6.51. The molecular formula is C14H19BO5. The summed E-state index contributed by atoms with van der Waals surface area (Å²) in [4.78, 5) is 11.4. The third-order valence-corrected chi connectivity index (χ3v) is 4.09. The van der Waals surface area contributed by atoms with Crippen LogP contribution in [0.4, 0.5) is 0 Å². The molecule has 1 fully saturated rings. The van der Waals surface area contributed by atoms with Crippen LogP contribution < -0.4 is 5.46 Å².